The summed E-state index contributed by atoms with van der Waals surface area (Å²) in [6, 6.07) is 9.83. The number of nitrogens with one attached hydrogen (secondary N) is 1. The maximum Gasteiger partial charge on any atom is 0.252 e. The van der Waals surface area contributed by atoms with Crippen LogP contribution in [0.2, 0.25) is 0 Å². The highest BCUT2D eigenvalue weighted by molar-refractivity contribution is 7.89. The number of rotatable bonds is 5. The highest BCUT2D eigenvalue weighted by Crippen LogP contribution is 2.25. The minimum atomic E-state index is -3.54. The van der Waals surface area contributed by atoms with Crippen molar-refractivity contribution < 1.29 is 13.2 Å². The van der Waals surface area contributed by atoms with Gasteiger partial charge in [-0.2, -0.15) is 4.31 Å². The third-order valence-corrected chi connectivity index (χ3v) is 7.12. The van der Waals surface area contributed by atoms with E-state index in [1.807, 2.05) is 6.07 Å². The van der Waals surface area contributed by atoms with Crippen LogP contribution in [-0.2, 0) is 17.1 Å². The molecule has 1 aliphatic heterocycles. The normalized spacial score (nSPS) is 18.0. The molecule has 1 fully saturated rings. The van der Waals surface area contributed by atoms with Crippen molar-refractivity contribution in [1.82, 2.24) is 14.2 Å². The van der Waals surface area contributed by atoms with Crippen molar-refractivity contribution in [1.29, 1.82) is 0 Å². The lowest BCUT2D eigenvalue weighted by Crippen LogP contribution is -2.43. The van der Waals surface area contributed by atoms with Crippen LogP contribution in [-0.4, -0.2) is 42.8 Å². The van der Waals surface area contributed by atoms with Gasteiger partial charge in [-0.3, -0.25) is 9.59 Å². The first-order chi connectivity index (χ1) is 13.3. The second-order valence-electron chi connectivity index (χ2n) is 7.21. The van der Waals surface area contributed by atoms with E-state index in [4.69, 9.17) is 0 Å². The van der Waals surface area contributed by atoms with E-state index in [0.29, 0.717) is 30.1 Å². The Labute approximate surface area is 165 Å². The van der Waals surface area contributed by atoms with Crippen LogP contribution in [0.15, 0.2) is 52.3 Å². The molecule has 7 nitrogen and oxygen atoms in total. The molecule has 2 heterocycles. The Bertz CT molecular complexity index is 1030. The summed E-state index contributed by atoms with van der Waals surface area (Å²) < 4.78 is 28.8. The molecule has 1 saturated heterocycles. The summed E-state index contributed by atoms with van der Waals surface area (Å²) in [6.07, 6.45) is 3.10. The molecule has 0 spiro atoms. The van der Waals surface area contributed by atoms with Gasteiger partial charge in [-0.15, -0.1) is 0 Å². The number of carbonyl (C=O) groups excluding carboxylic acids is 1. The molecule has 0 aliphatic carbocycles. The third kappa shape index (κ3) is 4.34. The van der Waals surface area contributed by atoms with Gasteiger partial charge in [0.1, 0.15) is 0 Å². The lowest BCUT2D eigenvalue weighted by Gasteiger charge is -2.32. The van der Waals surface area contributed by atoms with Gasteiger partial charge in [0.05, 0.1) is 10.5 Å². The second kappa shape index (κ2) is 8.28. The smallest absolute Gasteiger partial charge is 0.252 e. The molecule has 1 atom stereocenters. The topological polar surface area (TPSA) is 88.5 Å². The maximum absolute atomic E-state index is 13.0. The number of pyridine rings is 1. The van der Waals surface area contributed by atoms with Gasteiger partial charge in [-0.25, -0.2) is 8.42 Å². The number of nitrogens with zero attached hydrogens (tertiary/aromatic N) is 2. The number of carbonyl (C=O) groups is 1. The molecule has 0 saturated carbocycles. The largest absolute Gasteiger partial charge is 0.352 e. The quantitative estimate of drug-likeness (QED) is 0.820. The van der Waals surface area contributed by atoms with Gasteiger partial charge in [0.2, 0.25) is 15.6 Å². The fraction of sp³-hybridized carbons (Fsp3) is 0.400. The van der Waals surface area contributed by atoms with Gasteiger partial charge in [0.25, 0.3) is 5.91 Å². The summed E-state index contributed by atoms with van der Waals surface area (Å²) in [5.74, 6) is -0.224. The number of benzene rings is 1. The third-order valence-electron chi connectivity index (χ3n) is 5.09. The molecule has 1 N–H and O–H groups in total. The Morgan fingerprint density at radius 3 is 2.68 bits per heavy atom. The molecule has 0 bridgehead atoms. The summed E-state index contributed by atoms with van der Waals surface area (Å²) in [4.78, 5) is 24.1. The van der Waals surface area contributed by atoms with E-state index < -0.39 is 10.0 Å². The highest BCUT2D eigenvalue weighted by atomic mass is 32.2. The SMILES string of the molecule is Cc1ccccc1S(=O)(=O)N1CCCC(CNC(=O)c2ccc(=O)n(C)c2)C1. The fourth-order valence-electron chi connectivity index (χ4n) is 3.46. The molecular formula is C20H25N3O4S. The average Bonchev–Trinajstić information content (AvgIpc) is 2.68. The van der Waals surface area contributed by atoms with Gasteiger partial charge in [-0.05, 0) is 43.4 Å². The monoisotopic (exact) mass is 403 g/mol. The number of sulfonamides is 1. The van der Waals surface area contributed by atoms with E-state index in [-0.39, 0.29) is 17.4 Å². The average molecular weight is 404 g/mol. The standard InChI is InChI=1S/C20H25N3O4S/c1-15-6-3-4-8-18(15)28(26,27)23-11-5-7-16(13-23)12-21-20(25)17-9-10-19(24)22(2)14-17/h3-4,6,8-10,14,16H,5,7,11-13H2,1-2H3,(H,21,25). The zero-order valence-electron chi connectivity index (χ0n) is 16.1. The molecular weight excluding hydrogens is 378 g/mol. The van der Waals surface area contributed by atoms with Crippen LogP contribution >= 0.6 is 0 Å². The lowest BCUT2D eigenvalue weighted by atomic mass is 9.99. The molecule has 8 heteroatoms. The first kappa shape index (κ1) is 20.3. The van der Waals surface area contributed by atoms with Crippen molar-refractivity contribution in [2.75, 3.05) is 19.6 Å². The van der Waals surface area contributed by atoms with E-state index in [1.54, 1.807) is 32.2 Å². The minimum absolute atomic E-state index is 0.0454. The Balaban J connectivity index is 1.65. The van der Waals surface area contributed by atoms with Gasteiger partial charge in [0, 0.05) is 38.9 Å². The summed E-state index contributed by atoms with van der Waals surface area (Å²) in [6.45, 7) is 3.05. The fourth-order valence-corrected chi connectivity index (χ4v) is 5.24. The predicted octanol–water partition coefficient (Wildman–Crippen LogP) is 1.52. The van der Waals surface area contributed by atoms with Crippen LogP contribution in [0.25, 0.3) is 0 Å². The lowest BCUT2D eigenvalue weighted by molar-refractivity contribution is 0.0940. The van der Waals surface area contributed by atoms with E-state index in [0.717, 1.165) is 18.4 Å². The van der Waals surface area contributed by atoms with Gasteiger partial charge in [-0.1, -0.05) is 18.2 Å². The Hall–Kier alpha value is -2.45. The summed E-state index contributed by atoms with van der Waals surface area (Å²) >= 11 is 0. The van der Waals surface area contributed by atoms with Crippen molar-refractivity contribution in [2.24, 2.45) is 13.0 Å². The number of amides is 1. The first-order valence-corrected chi connectivity index (χ1v) is 10.7. The second-order valence-corrected chi connectivity index (χ2v) is 9.12. The Morgan fingerprint density at radius 2 is 1.96 bits per heavy atom. The van der Waals surface area contributed by atoms with Gasteiger partial charge in [0.15, 0.2) is 0 Å². The molecule has 1 unspecified atom stereocenters. The molecule has 1 aromatic carbocycles. The molecule has 1 amide bonds. The van der Waals surface area contributed by atoms with E-state index >= 15 is 0 Å². The van der Waals surface area contributed by atoms with Crippen molar-refractivity contribution in [2.45, 2.75) is 24.7 Å². The van der Waals surface area contributed by atoms with Gasteiger partial charge >= 0.3 is 0 Å². The molecule has 3 rings (SSSR count). The number of hydrogen-bond donors (Lipinski definition) is 1. The van der Waals surface area contributed by atoms with Crippen LogP contribution in [0.3, 0.4) is 0 Å². The Morgan fingerprint density at radius 1 is 1.21 bits per heavy atom. The molecule has 0 radical (unpaired) electrons. The zero-order chi connectivity index (χ0) is 20.3. The zero-order valence-corrected chi connectivity index (χ0v) is 16.9. The van der Waals surface area contributed by atoms with E-state index in [2.05, 4.69) is 5.32 Å². The van der Waals surface area contributed by atoms with E-state index in [1.165, 1.54) is 27.2 Å². The van der Waals surface area contributed by atoms with Crippen molar-refractivity contribution in [3.8, 4) is 0 Å². The van der Waals surface area contributed by atoms with E-state index in [9.17, 15) is 18.0 Å². The minimum Gasteiger partial charge on any atom is -0.352 e. The van der Waals surface area contributed by atoms with Crippen molar-refractivity contribution in [3.05, 3.63) is 64.1 Å². The first-order valence-electron chi connectivity index (χ1n) is 9.29. The van der Waals surface area contributed by atoms with Crippen molar-refractivity contribution >= 4 is 15.9 Å². The molecule has 1 aliphatic rings. The number of piperidine rings is 1. The predicted molar refractivity (Wildman–Crippen MR) is 107 cm³/mol. The number of hydrogen-bond acceptors (Lipinski definition) is 4. The maximum atomic E-state index is 13.0. The van der Waals surface area contributed by atoms with Crippen molar-refractivity contribution in [3.63, 3.8) is 0 Å². The molecule has 28 heavy (non-hydrogen) atoms. The van der Waals surface area contributed by atoms with Crippen LogP contribution < -0.4 is 10.9 Å². The van der Waals surface area contributed by atoms with Crippen LogP contribution in [0.5, 0.6) is 0 Å². The summed E-state index contributed by atoms with van der Waals surface area (Å²) in [7, 11) is -1.95. The van der Waals surface area contributed by atoms with Gasteiger partial charge < -0.3 is 9.88 Å². The summed E-state index contributed by atoms with van der Waals surface area (Å²) in [5, 5.41) is 2.86. The van der Waals surface area contributed by atoms with Crippen LogP contribution in [0, 0.1) is 12.8 Å². The number of aromatic nitrogens is 1. The molecule has 150 valence electrons. The highest BCUT2D eigenvalue weighted by Gasteiger charge is 2.31. The molecule has 2 aromatic rings. The number of aryl methyl sites for hydroxylation is 2. The summed E-state index contributed by atoms with van der Waals surface area (Å²) in [5.41, 5.74) is 0.954. The van der Waals surface area contributed by atoms with Crippen LogP contribution in [0.1, 0.15) is 28.8 Å². The van der Waals surface area contributed by atoms with Crippen LogP contribution in [0.4, 0.5) is 0 Å². The molecule has 1 aromatic heterocycles. The Kier molecular flexibility index (Phi) is 6.00.